The van der Waals surface area contributed by atoms with Crippen molar-refractivity contribution in [2.24, 2.45) is 0 Å². The van der Waals surface area contributed by atoms with Crippen LogP contribution in [-0.2, 0) is 20.7 Å². The van der Waals surface area contributed by atoms with Gasteiger partial charge in [-0.1, -0.05) is 30.3 Å². The molecule has 0 fully saturated rings. The van der Waals surface area contributed by atoms with Gasteiger partial charge in [-0.2, -0.15) is 8.78 Å². The average molecular weight is 343 g/mol. The lowest BCUT2D eigenvalue weighted by Crippen LogP contribution is -2.46. The zero-order chi connectivity index (χ0) is 18.2. The summed E-state index contributed by atoms with van der Waals surface area (Å²) < 4.78 is 33.7. The molecule has 0 aromatic heterocycles. The van der Waals surface area contributed by atoms with E-state index in [1.165, 1.54) is 0 Å². The summed E-state index contributed by atoms with van der Waals surface area (Å²) in [6.45, 7) is 1.36. The van der Waals surface area contributed by atoms with Gasteiger partial charge in [0.05, 0.1) is 6.61 Å². The van der Waals surface area contributed by atoms with E-state index in [2.05, 4.69) is 10.1 Å². The van der Waals surface area contributed by atoms with Crippen molar-refractivity contribution in [2.45, 2.75) is 51.9 Å². The molecule has 0 saturated carbocycles. The quantitative estimate of drug-likeness (QED) is 0.786. The van der Waals surface area contributed by atoms with Crippen molar-refractivity contribution in [3.63, 3.8) is 0 Å². The topological polar surface area (TPSA) is 64.6 Å². The maximum Gasteiger partial charge on any atom is 0.408 e. The van der Waals surface area contributed by atoms with E-state index in [0.717, 1.165) is 5.56 Å². The molecule has 24 heavy (non-hydrogen) atoms. The molecule has 0 aliphatic heterocycles. The van der Waals surface area contributed by atoms with E-state index in [0.29, 0.717) is 6.42 Å². The van der Waals surface area contributed by atoms with Crippen LogP contribution in [0.5, 0.6) is 0 Å². The van der Waals surface area contributed by atoms with Gasteiger partial charge in [-0.25, -0.2) is 4.79 Å². The van der Waals surface area contributed by atoms with Crippen LogP contribution >= 0.6 is 0 Å². The summed E-state index contributed by atoms with van der Waals surface area (Å²) in [7, 11) is 0. The molecule has 1 amide bonds. The molecule has 0 unspecified atom stereocenters. The third-order valence-corrected chi connectivity index (χ3v) is 2.97. The molecular weight excluding hydrogens is 320 g/mol. The summed E-state index contributed by atoms with van der Waals surface area (Å²) in [5.41, 5.74) is 0.183. The molecule has 0 radical (unpaired) electrons. The molecule has 7 heteroatoms. The predicted molar refractivity (Wildman–Crippen MR) is 84.9 cm³/mol. The fourth-order valence-electron chi connectivity index (χ4n) is 1.92. The van der Waals surface area contributed by atoms with E-state index in [4.69, 9.17) is 4.74 Å². The first-order chi connectivity index (χ1) is 11.2. The van der Waals surface area contributed by atoms with E-state index in [1.807, 2.05) is 30.3 Å². The Balaban J connectivity index is 2.62. The van der Waals surface area contributed by atoms with E-state index in [1.54, 1.807) is 20.8 Å². The van der Waals surface area contributed by atoms with Gasteiger partial charge in [0.1, 0.15) is 11.6 Å². The van der Waals surface area contributed by atoms with Gasteiger partial charge < -0.3 is 14.8 Å². The van der Waals surface area contributed by atoms with E-state index in [-0.39, 0.29) is 6.42 Å². The molecule has 5 nitrogen and oxygen atoms in total. The second kappa shape index (κ2) is 9.32. The summed E-state index contributed by atoms with van der Waals surface area (Å²) >= 11 is 0. The number of ketones is 1. The van der Waals surface area contributed by atoms with Gasteiger partial charge in [-0.15, -0.1) is 0 Å². The van der Waals surface area contributed by atoms with Crippen LogP contribution in [0.4, 0.5) is 13.6 Å². The summed E-state index contributed by atoms with van der Waals surface area (Å²) in [4.78, 5) is 24.0. The van der Waals surface area contributed by atoms with Gasteiger partial charge in [0, 0.05) is 6.42 Å². The largest absolute Gasteiger partial charge is 0.444 e. The van der Waals surface area contributed by atoms with Crippen molar-refractivity contribution in [1.29, 1.82) is 0 Å². The predicted octanol–water partition coefficient (Wildman–Crippen LogP) is 3.32. The van der Waals surface area contributed by atoms with Gasteiger partial charge in [0.2, 0.25) is 0 Å². The molecule has 1 atom stereocenters. The number of carbonyl (C=O) groups is 2. The summed E-state index contributed by atoms with van der Waals surface area (Å²) in [6, 6.07) is 8.08. The van der Waals surface area contributed by atoms with Crippen LogP contribution in [0.25, 0.3) is 0 Å². The molecule has 0 spiro atoms. The van der Waals surface area contributed by atoms with Crippen LogP contribution < -0.4 is 5.32 Å². The Morgan fingerprint density at radius 2 is 1.79 bits per heavy atom. The van der Waals surface area contributed by atoms with Gasteiger partial charge in [-0.3, -0.25) is 4.79 Å². The fourth-order valence-corrected chi connectivity index (χ4v) is 1.92. The molecule has 1 aromatic carbocycles. The van der Waals surface area contributed by atoms with Crippen molar-refractivity contribution in [3.8, 4) is 0 Å². The van der Waals surface area contributed by atoms with E-state index < -0.39 is 36.7 Å². The number of hydrogen-bond donors (Lipinski definition) is 1. The van der Waals surface area contributed by atoms with Crippen molar-refractivity contribution in [1.82, 2.24) is 5.32 Å². The highest BCUT2D eigenvalue weighted by molar-refractivity contribution is 5.87. The first-order valence-corrected chi connectivity index (χ1v) is 7.63. The highest BCUT2D eigenvalue weighted by Crippen LogP contribution is 2.09. The summed E-state index contributed by atoms with van der Waals surface area (Å²) in [5, 5.41) is 2.30. The van der Waals surface area contributed by atoms with Crippen LogP contribution in [0.3, 0.4) is 0 Å². The average Bonchev–Trinajstić information content (AvgIpc) is 2.48. The first kappa shape index (κ1) is 20.0. The molecule has 1 N–H and O–H groups in total. The van der Waals surface area contributed by atoms with Crippen LogP contribution in [0.1, 0.15) is 32.8 Å². The number of rotatable bonds is 8. The lowest BCUT2D eigenvalue weighted by molar-refractivity contribution is -0.142. The molecule has 0 heterocycles. The molecule has 0 saturated heterocycles. The molecule has 1 aromatic rings. The highest BCUT2D eigenvalue weighted by atomic mass is 19.3. The number of halogens is 2. The lowest BCUT2D eigenvalue weighted by atomic mass is 10.0. The van der Waals surface area contributed by atoms with Gasteiger partial charge in [0.15, 0.2) is 5.78 Å². The van der Waals surface area contributed by atoms with Crippen LogP contribution in [0.2, 0.25) is 0 Å². The second-order valence-electron chi connectivity index (χ2n) is 6.24. The lowest BCUT2D eigenvalue weighted by Gasteiger charge is -2.23. The summed E-state index contributed by atoms with van der Waals surface area (Å²) in [6.07, 6.45) is -0.309. The minimum absolute atomic E-state index is 0.0943. The number of aryl methyl sites for hydroxylation is 1. The SMILES string of the molecule is CC(C)(C)OC(=O)N[C@H](COC(F)F)C(=O)CCc1ccccc1. The monoisotopic (exact) mass is 343 g/mol. The Kier molecular flexibility index (Phi) is 7.78. The van der Waals surface area contributed by atoms with Crippen LogP contribution in [-0.4, -0.2) is 36.7 Å². The molecule has 134 valence electrons. The molecule has 0 bridgehead atoms. The maximum atomic E-state index is 12.2. The number of carbonyl (C=O) groups excluding carboxylic acids is 2. The maximum absolute atomic E-state index is 12.2. The molecule has 0 aliphatic carbocycles. The first-order valence-electron chi connectivity index (χ1n) is 7.63. The third kappa shape index (κ3) is 8.57. The number of nitrogens with one attached hydrogen (secondary N) is 1. The van der Waals surface area contributed by atoms with Gasteiger partial charge in [0.25, 0.3) is 0 Å². The number of benzene rings is 1. The zero-order valence-corrected chi connectivity index (χ0v) is 14.1. The standard InChI is InChI=1S/C17H23F2NO4/c1-17(2,3)24-16(22)20-13(11-23-15(18)19)14(21)10-9-12-7-5-4-6-8-12/h4-8,13,15H,9-11H2,1-3H3,(H,20,22)/t13-/m1/s1. The highest BCUT2D eigenvalue weighted by Gasteiger charge is 2.25. The number of alkyl carbamates (subject to hydrolysis) is 1. The molecular formula is C17H23F2NO4. The van der Waals surface area contributed by atoms with Crippen molar-refractivity contribution in [3.05, 3.63) is 35.9 Å². The van der Waals surface area contributed by atoms with Crippen molar-refractivity contribution in [2.75, 3.05) is 6.61 Å². The smallest absolute Gasteiger partial charge is 0.408 e. The minimum Gasteiger partial charge on any atom is -0.444 e. The number of alkyl halides is 2. The van der Waals surface area contributed by atoms with Crippen LogP contribution in [0, 0.1) is 0 Å². The van der Waals surface area contributed by atoms with E-state index >= 15 is 0 Å². The minimum atomic E-state index is -3.02. The van der Waals surface area contributed by atoms with Crippen LogP contribution in [0.15, 0.2) is 30.3 Å². The number of Topliss-reactive ketones (excluding diaryl/α,β-unsaturated/α-hetero) is 1. The Morgan fingerprint density at radius 3 is 2.33 bits per heavy atom. The number of ether oxygens (including phenoxy) is 2. The normalized spacial score (nSPS) is 12.8. The van der Waals surface area contributed by atoms with E-state index in [9.17, 15) is 18.4 Å². The van der Waals surface area contributed by atoms with Gasteiger partial charge >= 0.3 is 12.7 Å². The van der Waals surface area contributed by atoms with Crippen molar-refractivity contribution < 1.29 is 27.8 Å². The second-order valence-corrected chi connectivity index (χ2v) is 6.24. The van der Waals surface area contributed by atoms with Gasteiger partial charge in [-0.05, 0) is 32.8 Å². The number of amides is 1. The molecule has 0 aliphatic rings. The Labute approximate surface area is 140 Å². The number of hydrogen-bond acceptors (Lipinski definition) is 4. The fraction of sp³-hybridized carbons (Fsp3) is 0.529. The zero-order valence-electron chi connectivity index (χ0n) is 14.1. The molecule has 1 rings (SSSR count). The summed E-state index contributed by atoms with van der Waals surface area (Å²) in [5.74, 6) is -0.398. The Hall–Kier alpha value is -2.02. The third-order valence-electron chi connectivity index (χ3n) is 2.97. The Morgan fingerprint density at radius 1 is 1.17 bits per heavy atom. The van der Waals surface area contributed by atoms with Crippen molar-refractivity contribution >= 4 is 11.9 Å². The Bertz CT molecular complexity index is 529.